The van der Waals surface area contributed by atoms with Crippen molar-refractivity contribution >= 4 is 32.7 Å². The predicted molar refractivity (Wildman–Crippen MR) is 85.2 cm³/mol. The van der Waals surface area contributed by atoms with Crippen LogP contribution in [-0.2, 0) is 7.05 Å². The van der Waals surface area contributed by atoms with E-state index in [-0.39, 0.29) is 5.91 Å². The van der Waals surface area contributed by atoms with Crippen molar-refractivity contribution in [2.45, 2.75) is 25.1 Å². The van der Waals surface area contributed by atoms with Gasteiger partial charge in [-0.2, -0.15) is 5.10 Å². The zero-order chi connectivity index (χ0) is 14.7. The lowest BCUT2D eigenvalue weighted by Crippen LogP contribution is -2.30. The molecular weight excluding hydrogens is 318 g/mol. The topological polar surface area (TPSA) is 46.9 Å². The third kappa shape index (κ3) is 3.39. The number of alkyl halides is 1. The van der Waals surface area contributed by atoms with Crippen molar-refractivity contribution in [3.05, 3.63) is 30.0 Å². The predicted octanol–water partition coefficient (Wildman–Crippen LogP) is 3.11. The molecular formula is C15H20BrN3O. The van der Waals surface area contributed by atoms with Gasteiger partial charge in [0.25, 0.3) is 5.91 Å². The van der Waals surface area contributed by atoms with E-state index in [2.05, 4.69) is 40.2 Å². The van der Waals surface area contributed by atoms with Crippen molar-refractivity contribution in [3.8, 4) is 0 Å². The van der Waals surface area contributed by atoms with Gasteiger partial charge in [-0.25, -0.2) is 0 Å². The molecule has 108 valence electrons. The van der Waals surface area contributed by atoms with Crippen LogP contribution in [0, 0.1) is 5.92 Å². The Balaban J connectivity index is 2.08. The summed E-state index contributed by atoms with van der Waals surface area (Å²) in [5.74, 6) is 0.488. The van der Waals surface area contributed by atoms with E-state index in [4.69, 9.17) is 0 Å². The molecule has 4 nitrogen and oxygen atoms in total. The minimum Gasteiger partial charge on any atom is -0.349 e. The third-order valence-corrected chi connectivity index (χ3v) is 3.88. The van der Waals surface area contributed by atoms with Gasteiger partial charge in [0.05, 0.1) is 5.52 Å². The summed E-state index contributed by atoms with van der Waals surface area (Å²) in [5, 5.41) is 8.16. The molecule has 1 amide bonds. The Morgan fingerprint density at radius 1 is 1.40 bits per heavy atom. The van der Waals surface area contributed by atoms with Crippen molar-refractivity contribution in [3.63, 3.8) is 0 Å². The van der Waals surface area contributed by atoms with Gasteiger partial charge in [-0.15, -0.1) is 0 Å². The maximum atomic E-state index is 12.3. The van der Waals surface area contributed by atoms with Crippen molar-refractivity contribution in [2.24, 2.45) is 13.0 Å². The number of carbonyl (C=O) groups is 1. The molecule has 20 heavy (non-hydrogen) atoms. The molecule has 0 saturated carbocycles. The van der Waals surface area contributed by atoms with E-state index >= 15 is 0 Å². The molecule has 1 heterocycles. The summed E-state index contributed by atoms with van der Waals surface area (Å²) in [6.45, 7) is 4.95. The first-order valence-electron chi connectivity index (χ1n) is 6.83. The van der Waals surface area contributed by atoms with E-state index in [9.17, 15) is 4.79 Å². The highest BCUT2D eigenvalue weighted by molar-refractivity contribution is 9.09. The molecule has 0 aliphatic rings. The lowest BCUT2D eigenvalue weighted by Gasteiger charge is -2.12. The molecule has 0 fully saturated rings. The van der Waals surface area contributed by atoms with Crippen LogP contribution >= 0.6 is 15.9 Å². The monoisotopic (exact) mass is 337 g/mol. The number of hydrogen-bond acceptors (Lipinski definition) is 2. The van der Waals surface area contributed by atoms with E-state index in [1.54, 1.807) is 4.68 Å². The van der Waals surface area contributed by atoms with Crippen LogP contribution in [0.1, 0.15) is 30.8 Å². The van der Waals surface area contributed by atoms with E-state index in [1.165, 1.54) is 0 Å². The average molecular weight is 338 g/mol. The molecule has 1 aromatic heterocycles. The van der Waals surface area contributed by atoms with Crippen LogP contribution in [0.25, 0.3) is 10.9 Å². The Morgan fingerprint density at radius 3 is 2.80 bits per heavy atom. The first-order chi connectivity index (χ1) is 9.49. The summed E-state index contributed by atoms with van der Waals surface area (Å²) < 4.78 is 1.74. The lowest BCUT2D eigenvalue weighted by atomic mass is 10.1. The molecule has 1 unspecified atom stereocenters. The third-order valence-electron chi connectivity index (χ3n) is 3.18. The number of fused-ring (bicyclic) bond motifs is 1. The van der Waals surface area contributed by atoms with E-state index in [1.807, 2.05) is 31.3 Å². The van der Waals surface area contributed by atoms with Crippen LogP contribution in [0.3, 0.4) is 0 Å². The van der Waals surface area contributed by atoms with E-state index in [0.717, 1.165) is 17.3 Å². The van der Waals surface area contributed by atoms with Gasteiger partial charge < -0.3 is 5.32 Å². The maximum absolute atomic E-state index is 12.3. The molecule has 5 heteroatoms. The van der Waals surface area contributed by atoms with Gasteiger partial charge in [-0.05, 0) is 18.4 Å². The number of amides is 1. The van der Waals surface area contributed by atoms with Gasteiger partial charge in [-0.1, -0.05) is 48.0 Å². The van der Waals surface area contributed by atoms with Gasteiger partial charge in [0.2, 0.25) is 0 Å². The molecule has 1 N–H and O–H groups in total. The quantitative estimate of drug-likeness (QED) is 0.852. The summed E-state index contributed by atoms with van der Waals surface area (Å²) in [7, 11) is 1.85. The number of nitrogens with one attached hydrogen (secondary N) is 1. The Labute approximate surface area is 127 Å². The number of para-hydroxylation sites is 1. The molecule has 0 saturated heterocycles. The first-order valence-corrected chi connectivity index (χ1v) is 7.74. The molecule has 2 aromatic rings. The fourth-order valence-electron chi connectivity index (χ4n) is 2.26. The van der Waals surface area contributed by atoms with Crippen molar-refractivity contribution < 1.29 is 4.79 Å². The minimum atomic E-state index is -0.116. The summed E-state index contributed by atoms with van der Waals surface area (Å²) in [6, 6.07) is 7.76. The Hall–Kier alpha value is -1.36. The number of rotatable bonds is 5. The van der Waals surface area contributed by atoms with Gasteiger partial charge in [0.15, 0.2) is 5.69 Å². The SMILES string of the molecule is CC(C)CC(Br)CNC(=O)c1nn(C)c2ccccc12. The van der Waals surface area contributed by atoms with Crippen LogP contribution in [0.15, 0.2) is 24.3 Å². The highest BCUT2D eigenvalue weighted by atomic mass is 79.9. The second kappa shape index (κ2) is 6.39. The largest absolute Gasteiger partial charge is 0.349 e. The lowest BCUT2D eigenvalue weighted by molar-refractivity contribution is 0.0949. The molecule has 0 aliphatic heterocycles. The Kier molecular flexibility index (Phi) is 4.81. The zero-order valence-corrected chi connectivity index (χ0v) is 13.6. The summed E-state index contributed by atoms with van der Waals surface area (Å²) in [6.07, 6.45) is 1.03. The highest BCUT2D eigenvalue weighted by Crippen LogP contribution is 2.17. The van der Waals surface area contributed by atoms with E-state index < -0.39 is 0 Å². The maximum Gasteiger partial charge on any atom is 0.272 e. The number of carbonyl (C=O) groups excluding carboxylic acids is 1. The number of nitrogens with zero attached hydrogens (tertiary/aromatic N) is 2. The van der Waals surface area contributed by atoms with Crippen LogP contribution in [0.4, 0.5) is 0 Å². The van der Waals surface area contributed by atoms with Gasteiger partial charge in [0, 0.05) is 23.8 Å². The number of hydrogen-bond donors (Lipinski definition) is 1. The fourth-order valence-corrected chi connectivity index (χ4v) is 3.17. The van der Waals surface area contributed by atoms with E-state index in [0.29, 0.717) is 23.0 Å². The zero-order valence-electron chi connectivity index (χ0n) is 12.1. The smallest absolute Gasteiger partial charge is 0.272 e. The minimum absolute atomic E-state index is 0.116. The van der Waals surface area contributed by atoms with Crippen molar-refractivity contribution in [2.75, 3.05) is 6.54 Å². The summed E-state index contributed by atoms with van der Waals surface area (Å²) in [4.78, 5) is 12.5. The van der Waals surface area contributed by atoms with Gasteiger partial charge in [0.1, 0.15) is 0 Å². The van der Waals surface area contributed by atoms with Crippen molar-refractivity contribution in [1.82, 2.24) is 15.1 Å². The first kappa shape index (κ1) is 15.0. The van der Waals surface area contributed by atoms with Gasteiger partial charge in [-0.3, -0.25) is 9.48 Å². The Bertz CT molecular complexity index is 606. The molecule has 0 bridgehead atoms. The average Bonchev–Trinajstić information content (AvgIpc) is 2.73. The molecule has 1 aromatic carbocycles. The second-order valence-corrected chi connectivity index (χ2v) is 6.72. The van der Waals surface area contributed by atoms with Gasteiger partial charge >= 0.3 is 0 Å². The fraction of sp³-hybridized carbons (Fsp3) is 0.467. The standard InChI is InChI=1S/C15H20BrN3O/c1-10(2)8-11(16)9-17-15(20)14-12-6-4-5-7-13(12)19(3)18-14/h4-7,10-11H,8-9H2,1-3H3,(H,17,20). The Morgan fingerprint density at radius 2 is 2.10 bits per heavy atom. The molecule has 1 atom stereocenters. The van der Waals surface area contributed by atoms with Crippen LogP contribution in [0.2, 0.25) is 0 Å². The van der Waals surface area contributed by atoms with Crippen molar-refractivity contribution in [1.29, 1.82) is 0 Å². The van der Waals surface area contributed by atoms with Crippen LogP contribution in [0.5, 0.6) is 0 Å². The molecule has 0 aliphatic carbocycles. The number of benzene rings is 1. The van der Waals surface area contributed by atoms with Crippen LogP contribution in [-0.4, -0.2) is 27.1 Å². The number of aryl methyl sites for hydroxylation is 1. The number of halogens is 1. The normalized spacial score (nSPS) is 12.8. The molecule has 0 spiro atoms. The number of aromatic nitrogens is 2. The molecule has 0 radical (unpaired) electrons. The summed E-state index contributed by atoms with van der Waals surface area (Å²) in [5.41, 5.74) is 1.46. The van der Waals surface area contributed by atoms with Crippen LogP contribution < -0.4 is 5.32 Å². The highest BCUT2D eigenvalue weighted by Gasteiger charge is 2.16. The second-order valence-electron chi connectivity index (χ2n) is 5.43. The summed E-state index contributed by atoms with van der Waals surface area (Å²) >= 11 is 3.59. The molecule has 2 rings (SSSR count).